The Morgan fingerprint density at radius 1 is 1.16 bits per heavy atom. The lowest BCUT2D eigenvalue weighted by molar-refractivity contribution is -0.148. The van der Waals surface area contributed by atoms with E-state index in [2.05, 4.69) is 26.5 Å². The summed E-state index contributed by atoms with van der Waals surface area (Å²) in [4.78, 5) is 24.0. The molecule has 0 unspecified atom stereocenters. The summed E-state index contributed by atoms with van der Waals surface area (Å²) in [7, 11) is 0. The van der Waals surface area contributed by atoms with Crippen LogP contribution in [0.25, 0.3) is 0 Å². The van der Waals surface area contributed by atoms with Gasteiger partial charge in [0.1, 0.15) is 6.10 Å². The molecule has 0 radical (unpaired) electrons. The fraction of sp³-hybridized carbons (Fsp3) is 0.727. The minimum atomic E-state index is -0.172. The van der Waals surface area contributed by atoms with E-state index in [9.17, 15) is 9.59 Å². The van der Waals surface area contributed by atoms with Crippen LogP contribution in [0.5, 0.6) is 0 Å². The lowest BCUT2D eigenvalue weighted by Gasteiger charge is -2.56. The van der Waals surface area contributed by atoms with E-state index in [1.807, 2.05) is 0 Å². The molecule has 25 heavy (non-hydrogen) atoms. The summed E-state index contributed by atoms with van der Waals surface area (Å²) in [5, 5.41) is 0. The predicted molar refractivity (Wildman–Crippen MR) is 96.8 cm³/mol. The molecule has 0 aromatic heterocycles. The van der Waals surface area contributed by atoms with Crippen molar-refractivity contribution in [2.45, 2.75) is 71.8 Å². The van der Waals surface area contributed by atoms with Gasteiger partial charge in [-0.3, -0.25) is 9.59 Å². The summed E-state index contributed by atoms with van der Waals surface area (Å²) in [6.07, 6.45) is 9.54. The summed E-state index contributed by atoms with van der Waals surface area (Å²) in [5.41, 5.74) is 2.40. The van der Waals surface area contributed by atoms with Crippen LogP contribution in [0, 0.1) is 28.6 Å². The molecule has 0 saturated heterocycles. The lowest BCUT2D eigenvalue weighted by atomic mass is 9.48. The highest BCUT2D eigenvalue weighted by atomic mass is 16.5. The van der Waals surface area contributed by atoms with Crippen LogP contribution >= 0.6 is 0 Å². The second-order valence-corrected chi connectivity index (χ2v) is 9.33. The van der Waals surface area contributed by atoms with Crippen molar-refractivity contribution in [3.05, 3.63) is 23.8 Å². The van der Waals surface area contributed by atoms with Gasteiger partial charge in [-0.2, -0.15) is 0 Å². The van der Waals surface area contributed by atoms with Gasteiger partial charge in [-0.05, 0) is 67.3 Å². The Morgan fingerprint density at radius 3 is 2.60 bits per heavy atom. The molecule has 0 aliphatic heterocycles. The van der Waals surface area contributed by atoms with Crippen LogP contribution in [0.2, 0.25) is 0 Å². The summed E-state index contributed by atoms with van der Waals surface area (Å²) in [5.74, 6) is 1.88. The highest BCUT2D eigenvalue weighted by Crippen LogP contribution is 2.64. The largest absolute Gasteiger partial charge is 0.462 e. The van der Waals surface area contributed by atoms with Crippen LogP contribution in [-0.4, -0.2) is 17.9 Å². The molecule has 0 heterocycles. The molecule has 0 bridgehead atoms. The number of rotatable bonds is 1. The van der Waals surface area contributed by atoms with Gasteiger partial charge < -0.3 is 4.74 Å². The first kappa shape index (κ1) is 17.1. The average Bonchev–Trinajstić information content (AvgIpc) is 2.78. The highest BCUT2D eigenvalue weighted by molar-refractivity contribution is 6.02. The van der Waals surface area contributed by atoms with Crippen LogP contribution < -0.4 is 0 Å². The van der Waals surface area contributed by atoms with Gasteiger partial charge in [0.2, 0.25) is 0 Å². The first-order valence-corrected chi connectivity index (χ1v) is 9.85. The molecule has 0 amide bonds. The maximum atomic E-state index is 12.7. The summed E-state index contributed by atoms with van der Waals surface area (Å²) < 4.78 is 5.50. The van der Waals surface area contributed by atoms with Crippen molar-refractivity contribution in [3.8, 4) is 0 Å². The summed E-state index contributed by atoms with van der Waals surface area (Å²) >= 11 is 0. The third kappa shape index (κ3) is 2.38. The fourth-order valence-electron chi connectivity index (χ4n) is 6.70. The number of esters is 1. The van der Waals surface area contributed by atoms with E-state index in [1.165, 1.54) is 12.5 Å². The maximum Gasteiger partial charge on any atom is 0.302 e. The van der Waals surface area contributed by atoms with Gasteiger partial charge in [0.15, 0.2) is 5.78 Å². The third-order valence-corrected chi connectivity index (χ3v) is 8.09. The first-order valence-electron chi connectivity index (χ1n) is 9.85. The molecule has 0 aromatic rings. The number of ketones is 1. The maximum absolute atomic E-state index is 12.7. The van der Waals surface area contributed by atoms with E-state index in [0.29, 0.717) is 23.5 Å². The van der Waals surface area contributed by atoms with E-state index >= 15 is 0 Å². The number of carbonyl (C=O) groups excluding carboxylic acids is 2. The highest BCUT2D eigenvalue weighted by Gasteiger charge is 2.59. The number of fused-ring (bicyclic) bond motifs is 5. The van der Waals surface area contributed by atoms with Crippen LogP contribution in [0.15, 0.2) is 23.8 Å². The number of hydrogen-bond acceptors (Lipinski definition) is 3. The fourth-order valence-corrected chi connectivity index (χ4v) is 6.70. The van der Waals surface area contributed by atoms with Gasteiger partial charge in [-0.25, -0.2) is 0 Å². The normalized spacial score (nSPS) is 46.0. The van der Waals surface area contributed by atoms with Crippen molar-refractivity contribution >= 4 is 11.8 Å². The summed E-state index contributed by atoms with van der Waals surface area (Å²) in [6, 6.07) is 0. The van der Waals surface area contributed by atoms with E-state index in [4.69, 9.17) is 4.74 Å². The number of hydrogen-bond donors (Lipinski definition) is 0. The molecule has 3 nitrogen and oxygen atoms in total. The van der Waals surface area contributed by atoms with Gasteiger partial charge in [0, 0.05) is 18.8 Å². The Labute approximate surface area is 150 Å². The van der Waals surface area contributed by atoms with E-state index < -0.39 is 0 Å². The molecule has 136 valence electrons. The summed E-state index contributed by atoms with van der Waals surface area (Å²) in [6.45, 7) is 10.2. The van der Waals surface area contributed by atoms with Crippen LogP contribution in [-0.2, 0) is 14.3 Å². The van der Waals surface area contributed by atoms with Crippen molar-refractivity contribution in [1.29, 1.82) is 0 Å². The standard InChI is InChI=1S/C22H30O3/c1-13-11-19-17-6-5-15-12-16(25-14(2)23)7-9-21(15,3)18(17)8-10-22(19,4)20(13)24/h5,16-19H,1,6-12H2,2-4H3/t16-,17-,18-,19-,21-,22-/m1/s1. The van der Waals surface area contributed by atoms with Crippen LogP contribution in [0.4, 0.5) is 0 Å². The van der Waals surface area contributed by atoms with Crippen LogP contribution in [0.1, 0.15) is 65.7 Å². The molecule has 0 aromatic carbocycles. The molecule has 3 heteroatoms. The average molecular weight is 342 g/mol. The lowest BCUT2D eigenvalue weighted by Crippen LogP contribution is -2.50. The molecule has 3 saturated carbocycles. The Bertz CT molecular complexity index is 675. The minimum absolute atomic E-state index is 0.0510. The number of carbonyl (C=O) groups is 2. The van der Waals surface area contributed by atoms with Gasteiger partial charge in [0.05, 0.1) is 0 Å². The van der Waals surface area contributed by atoms with E-state index in [0.717, 1.165) is 50.5 Å². The van der Waals surface area contributed by atoms with Crippen LogP contribution in [0.3, 0.4) is 0 Å². The Hall–Kier alpha value is -1.38. The molecule has 3 fully saturated rings. The number of allylic oxidation sites excluding steroid dienone is 2. The second-order valence-electron chi connectivity index (χ2n) is 9.33. The predicted octanol–water partition coefficient (Wildman–Crippen LogP) is 4.62. The van der Waals surface area contributed by atoms with Crippen molar-refractivity contribution in [2.24, 2.45) is 28.6 Å². The van der Waals surface area contributed by atoms with E-state index in [-0.39, 0.29) is 22.9 Å². The zero-order chi connectivity index (χ0) is 18.0. The molecule has 4 rings (SSSR count). The van der Waals surface area contributed by atoms with Gasteiger partial charge in [-0.1, -0.05) is 32.1 Å². The Morgan fingerprint density at radius 2 is 1.88 bits per heavy atom. The monoisotopic (exact) mass is 342 g/mol. The molecule has 0 spiro atoms. The zero-order valence-electron chi connectivity index (χ0n) is 15.8. The van der Waals surface area contributed by atoms with Gasteiger partial charge in [-0.15, -0.1) is 0 Å². The third-order valence-electron chi connectivity index (χ3n) is 8.09. The Balaban J connectivity index is 1.62. The molecule has 4 aliphatic rings. The van der Waals surface area contributed by atoms with E-state index in [1.54, 1.807) is 0 Å². The van der Waals surface area contributed by atoms with Gasteiger partial charge in [0.25, 0.3) is 0 Å². The van der Waals surface area contributed by atoms with Crippen molar-refractivity contribution in [2.75, 3.05) is 0 Å². The molecule has 0 N–H and O–H groups in total. The second kappa shape index (κ2) is 5.56. The number of ether oxygens (including phenoxy) is 1. The SMILES string of the molecule is C=C1C[C@@H]2[C@@H]3CC=C4C[C@H](OC(C)=O)CC[C@@]4(C)[C@@H]3CC[C@@]2(C)C1=O. The number of Topliss-reactive ketones (excluding diaryl/α,β-unsaturated/α-hetero) is 1. The molecular weight excluding hydrogens is 312 g/mol. The first-order chi connectivity index (χ1) is 11.8. The zero-order valence-corrected chi connectivity index (χ0v) is 15.8. The smallest absolute Gasteiger partial charge is 0.302 e. The molecular formula is C22H30O3. The van der Waals surface area contributed by atoms with Crippen molar-refractivity contribution < 1.29 is 14.3 Å². The molecule has 6 atom stereocenters. The minimum Gasteiger partial charge on any atom is -0.462 e. The Kier molecular flexibility index (Phi) is 3.79. The quantitative estimate of drug-likeness (QED) is 0.397. The van der Waals surface area contributed by atoms with Crippen molar-refractivity contribution in [1.82, 2.24) is 0 Å². The van der Waals surface area contributed by atoms with Crippen molar-refractivity contribution in [3.63, 3.8) is 0 Å². The molecule has 4 aliphatic carbocycles. The topological polar surface area (TPSA) is 43.4 Å². The van der Waals surface area contributed by atoms with Gasteiger partial charge >= 0.3 is 5.97 Å².